The summed E-state index contributed by atoms with van der Waals surface area (Å²) >= 11 is 0. The molecule has 6 nitrogen and oxygen atoms in total. The fourth-order valence-electron chi connectivity index (χ4n) is 2.57. The highest BCUT2D eigenvalue weighted by molar-refractivity contribution is 5.97. The summed E-state index contributed by atoms with van der Waals surface area (Å²) in [6.45, 7) is 4.66. The molecular formula is C20H23N5O. The number of hydrogen-bond donors (Lipinski definition) is 3. The van der Waals surface area contributed by atoms with Gasteiger partial charge in [-0.15, -0.1) is 0 Å². The fourth-order valence-corrected chi connectivity index (χ4v) is 2.57. The molecule has 0 aliphatic carbocycles. The van der Waals surface area contributed by atoms with Gasteiger partial charge >= 0.3 is 6.03 Å². The smallest absolute Gasteiger partial charge is 0.319 e. The molecule has 0 atom stereocenters. The van der Waals surface area contributed by atoms with Gasteiger partial charge in [0.25, 0.3) is 0 Å². The maximum atomic E-state index is 12.3. The lowest BCUT2D eigenvalue weighted by atomic mass is 10.1. The van der Waals surface area contributed by atoms with Crippen LogP contribution in [0.15, 0.2) is 60.7 Å². The highest BCUT2D eigenvalue weighted by atomic mass is 16.2. The fraction of sp³-hybridized carbons (Fsp3) is 0.200. The molecule has 0 radical (unpaired) electrons. The van der Waals surface area contributed by atoms with Gasteiger partial charge in [-0.1, -0.05) is 62.4 Å². The maximum absolute atomic E-state index is 12.3. The molecule has 0 saturated heterocycles. The summed E-state index contributed by atoms with van der Waals surface area (Å²) in [7, 11) is 0. The van der Waals surface area contributed by atoms with Crippen molar-refractivity contribution < 1.29 is 4.79 Å². The van der Waals surface area contributed by atoms with Crippen molar-refractivity contribution in [2.45, 2.75) is 13.8 Å². The van der Waals surface area contributed by atoms with Crippen molar-refractivity contribution in [1.82, 2.24) is 15.1 Å². The van der Waals surface area contributed by atoms with Gasteiger partial charge < -0.3 is 16.4 Å². The predicted octanol–water partition coefficient (Wildman–Crippen LogP) is 3.90. The van der Waals surface area contributed by atoms with Crippen LogP contribution in [0.1, 0.15) is 13.8 Å². The van der Waals surface area contributed by atoms with Crippen molar-refractivity contribution in [2.24, 2.45) is 5.92 Å². The van der Waals surface area contributed by atoms with E-state index in [1.165, 1.54) is 0 Å². The zero-order valence-corrected chi connectivity index (χ0v) is 14.9. The van der Waals surface area contributed by atoms with Gasteiger partial charge in [-0.25, -0.2) is 9.48 Å². The number of rotatable bonds is 5. The summed E-state index contributed by atoms with van der Waals surface area (Å²) in [5.74, 6) is 0.744. The number of hydrogen-bond acceptors (Lipinski definition) is 3. The molecule has 0 spiro atoms. The van der Waals surface area contributed by atoms with Crippen molar-refractivity contribution in [3.05, 3.63) is 60.7 Å². The van der Waals surface area contributed by atoms with Crippen molar-refractivity contribution >= 4 is 17.5 Å². The number of carbonyl (C=O) groups is 1. The Kier molecular flexibility index (Phi) is 5.22. The van der Waals surface area contributed by atoms with Crippen molar-refractivity contribution in [2.75, 3.05) is 17.6 Å². The van der Waals surface area contributed by atoms with Crippen LogP contribution in [-0.4, -0.2) is 22.4 Å². The van der Waals surface area contributed by atoms with Crippen molar-refractivity contribution in [3.63, 3.8) is 0 Å². The van der Waals surface area contributed by atoms with Gasteiger partial charge in [-0.05, 0) is 18.1 Å². The van der Waals surface area contributed by atoms with E-state index < -0.39 is 0 Å². The molecule has 6 heteroatoms. The molecule has 1 heterocycles. The van der Waals surface area contributed by atoms with Crippen LogP contribution in [-0.2, 0) is 0 Å². The van der Waals surface area contributed by atoms with E-state index >= 15 is 0 Å². The summed E-state index contributed by atoms with van der Waals surface area (Å²) in [5, 5.41) is 10.4. The lowest BCUT2D eigenvalue weighted by Gasteiger charge is -2.10. The summed E-state index contributed by atoms with van der Waals surface area (Å²) in [5.41, 5.74) is 9.18. The number of nitrogens with one attached hydrogen (secondary N) is 2. The number of aromatic nitrogens is 2. The van der Waals surface area contributed by atoms with Crippen LogP contribution in [0.4, 0.5) is 16.3 Å². The lowest BCUT2D eigenvalue weighted by molar-refractivity contribution is 0.251. The molecule has 0 aliphatic rings. The molecule has 3 aromatic rings. The van der Waals surface area contributed by atoms with Crippen LogP contribution in [0.2, 0.25) is 0 Å². The summed E-state index contributed by atoms with van der Waals surface area (Å²) in [6, 6.07) is 19.0. The van der Waals surface area contributed by atoms with Crippen LogP contribution in [0.25, 0.3) is 16.9 Å². The quantitative estimate of drug-likeness (QED) is 0.653. The van der Waals surface area contributed by atoms with Gasteiger partial charge in [-0.2, -0.15) is 5.10 Å². The Morgan fingerprint density at radius 2 is 1.69 bits per heavy atom. The second kappa shape index (κ2) is 7.74. The molecule has 0 fully saturated rings. The SMILES string of the molecule is CC(C)CNC(=O)Nc1c(-c2ccccc2)nn(-c2ccccc2)c1N. The normalized spacial score (nSPS) is 10.7. The van der Waals surface area contributed by atoms with Crippen LogP contribution in [0, 0.1) is 5.92 Å². The van der Waals surface area contributed by atoms with Gasteiger partial charge in [-0.3, -0.25) is 0 Å². The second-order valence-corrected chi connectivity index (χ2v) is 6.45. The van der Waals surface area contributed by atoms with Gasteiger partial charge in [0.05, 0.1) is 5.69 Å². The highest BCUT2D eigenvalue weighted by Crippen LogP contribution is 2.33. The third-order valence-electron chi connectivity index (χ3n) is 3.88. The first-order chi connectivity index (χ1) is 12.6. The van der Waals surface area contributed by atoms with E-state index in [4.69, 9.17) is 5.73 Å². The molecule has 0 unspecified atom stereocenters. The minimum Gasteiger partial charge on any atom is -0.382 e. The molecule has 4 N–H and O–H groups in total. The first-order valence-corrected chi connectivity index (χ1v) is 8.60. The van der Waals surface area contributed by atoms with Gasteiger partial charge in [0.15, 0.2) is 5.82 Å². The number of carbonyl (C=O) groups excluding carboxylic acids is 1. The minimum absolute atomic E-state index is 0.296. The molecule has 134 valence electrons. The van der Waals surface area contributed by atoms with E-state index in [0.29, 0.717) is 29.7 Å². The molecule has 2 aromatic carbocycles. The second-order valence-electron chi connectivity index (χ2n) is 6.45. The van der Waals surface area contributed by atoms with Gasteiger partial charge in [0, 0.05) is 12.1 Å². The Balaban J connectivity index is 2.00. The summed E-state index contributed by atoms with van der Waals surface area (Å²) in [6.07, 6.45) is 0. The average molecular weight is 349 g/mol. The van der Waals surface area contributed by atoms with Crippen LogP contribution >= 0.6 is 0 Å². The number of para-hydroxylation sites is 1. The Morgan fingerprint density at radius 3 is 2.31 bits per heavy atom. The number of benzene rings is 2. The van der Waals surface area contributed by atoms with Crippen LogP contribution in [0.3, 0.4) is 0 Å². The van der Waals surface area contributed by atoms with Crippen LogP contribution < -0.4 is 16.4 Å². The first-order valence-electron chi connectivity index (χ1n) is 8.60. The molecule has 0 saturated carbocycles. The molecule has 1 aromatic heterocycles. The zero-order chi connectivity index (χ0) is 18.5. The Bertz CT molecular complexity index is 872. The van der Waals surface area contributed by atoms with Crippen molar-refractivity contribution in [1.29, 1.82) is 0 Å². The summed E-state index contributed by atoms with van der Waals surface area (Å²) < 4.78 is 1.64. The third-order valence-corrected chi connectivity index (χ3v) is 3.88. The van der Waals surface area contributed by atoms with E-state index in [1.807, 2.05) is 74.5 Å². The van der Waals surface area contributed by atoms with Crippen LogP contribution in [0.5, 0.6) is 0 Å². The van der Waals surface area contributed by atoms with Gasteiger partial charge in [0.2, 0.25) is 0 Å². The first kappa shape index (κ1) is 17.5. The molecule has 0 bridgehead atoms. The number of nitrogens with zero attached hydrogens (tertiary/aromatic N) is 2. The topological polar surface area (TPSA) is 85.0 Å². The number of amides is 2. The number of anilines is 2. The van der Waals surface area contributed by atoms with E-state index in [-0.39, 0.29) is 6.03 Å². The van der Waals surface area contributed by atoms with Crippen molar-refractivity contribution in [3.8, 4) is 16.9 Å². The summed E-state index contributed by atoms with van der Waals surface area (Å²) in [4.78, 5) is 12.3. The largest absolute Gasteiger partial charge is 0.382 e. The minimum atomic E-state index is -0.296. The number of nitrogens with two attached hydrogens (primary N) is 1. The Morgan fingerprint density at radius 1 is 1.08 bits per heavy atom. The number of urea groups is 1. The average Bonchev–Trinajstić information content (AvgIpc) is 2.98. The van der Waals surface area contributed by atoms with E-state index in [0.717, 1.165) is 11.3 Å². The zero-order valence-electron chi connectivity index (χ0n) is 14.9. The highest BCUT2D eigenvalue weighted by Gasteiger charge is 2.20. The van der Waals surface area contributed by atoms with E-state index in [2.05, 4.69) is 15.7 Å². The molecular weight excluding hydrogens is 326 g/mol. The predicted molar refractivity (Wildman–Crippen MR) is 105 cm³/mol. The lowest BCUT2D eigenvalue weighted by Crippen LogP contribution is -2.32. The molecule has 0 aliphatic heterocycles. The van der Waals surface area contributed by atoms with Gasteiger partial charge in [0.1, 0.15) is 11.4 Å². The number of nitrogen functional groups attached to an aromatic ring is 1. The third kappa shape index (κ3) is 3.85. The monoisotopic (exact) mass is 349 g/mol. The molecule has 26 heavy (non-hydrogen) atoms. The standard InChI is InChI=1S/C20H23N5O/c1-14(2)13-22-20(26)23-18-17(15-9-5-3-6-10-15)24-25(19(18)21)16-11-7-4-8-12-16/h3-12,14H,13,21H2,1-2H3,(H2,22,23,26). The molecule has 3 rings (SSSR count). The van der Waals surface area contributed by atoms with E-state index in [9.17, 15) is 4.79 Å². The Labute approximate surface area is 153 Å². The molecule has 2 amide bonds. The van der Waals surface area contributed by atoms with E-state index in [1.54, 1.807) is 4.68 Å². The maximum Gasteiger partial charge on any atom is 0.319 e. The Hall–Kier alpha value is -3.28.